The number of hydrogen-bond donors (Lipinski definition) is 1. The monoisotopic (exact) mass is 156 g/mol. The maximum Gasteiger partial charge on any atom is 0.138 e. The topological polar surface area (TPSA) is 37.3 Å². The van der Waals surface area contributed by atoms with E-state index in [1.165, 1.54) is 0 Å². The van der Waals surface area contributed by atoms with Crippen LogP contribution in [0.1, 0.15) is 39.0 Å². The zero-order valence-electron chi connectivity index (χ0n) is 7.05. The smallest absolute Gasteiger partial charge is 0.138 e. The standard InChI is InChI=1S/C9H16O2/c1-2-4-8(10)7-5-3-6-9(7)11/h7-8,10H,2-6H2,1H3/t7-,8+/m1/s1. The highest BCUT2D eigenvalue weighted by Gasteiger charge is 2.29. The Morgan fingerprint density at radius 1 is 1.73 bits per heavy atom. The lowest BCUT2D eigenvalue weighted by Gasteiger charge is -2.14. The number of rotatable bonds is 3. The minimum absolute atomic E-state index is 0.0325. The van der Waals surface area contributed by atoms with Gasteiger partial charge in [0.1, 0.15) is 5.78 Å². The van der Waals surface area contributed by atoms with Crippen molar-refractivity contribution in [3.63, 3.8) is 0 Å². The number of carbonyl (C=O) groups is 1. The lowest BCUT2D eigenvalue weighted by atomic mass is 9.96. The fourth-order valence-electron chi connectivity index (χ4n) is 1.75. The molecule has 2 atom stereocenters. The van der Waals surface area contributed by atoms with Gasteiger partial charge in [0.05, 0.1) is 6.10 Å². The van der Waals surface area contributed by atoms with E-state index in [0.29, 0.717) is 6.42 Å². The number of Topliss-reactive ketones (excluding diaryl/α,β-unsaturated/α-hetero) is 1. The molecule has 0 aliphatic heterocycles. The van der Waals surface area contributed by atoms with Crippen LogP contribution in [-0.2, 0) is 4.79 Å². The summed E-state index contributed by atoms with van der Waals surface area (Å²) in [5, 5.41) is 9.50. The van der Waals surface area contributed by atoms with Gasteiger partial charge in [0.2, 0.25) is 0 Å². The largest absolute Gasteiger partial charge is 0.392 e. The molecule has 0 bridgehead atoms. The van der Waals surface area contributed by atoms with E-state index < -0.39 is 0 Å². The highest BCUT2D eigenvalue weighted by atomic mass is 16.3. The van der Waals surface area contributed by atoms with Crippen molar-refractivity contribution in [1.82, 2.24) is 0 Å². The van der Waals surface area contributed by atoms with Gasteiger partial charge >= 0.3 is 0 Å². The van der Waals surface area contributed by atoms with E-state index in [9.17, 15) is 9.90 Å². The van der Waals surface area contributed by atoms with Gasteiger partial charge in [-0.05, 0) is 19.3 Å². The summed E-state index contributed by atoms with van der Waals surface area (Å²) in [6, 6.07) is 0. The molecular formula is C9H16O2. The summed E-state index contributed by atoms with van der Waals surface area (Å²) in [7, 11) is 0. The maximum atomic E-state index is 11.1. The van der Waals surface area contributed by atoms with Gasteiger partial charge in [-0.25, -0.2) is 0 Å². The van der Waals surface area contributed by atoms with Crippen LogP contribution in [0, 0.1) is 5.92 Å². The third-order valence-corrected chi connectivity index (χ3v) is 2.40. The molecule has 1 fully saturated rings. The molecule has 0 spiro atoms. The number of aliphatic hydroxyl groups is 1. The van der Waals surface area contributed by atoms with Gasteiger partial charge in [0.25, 0.3) is 0 Å². The van der Waals surface area contributed by atoms with Gasteiger partial charge in [-0.3, -0.25) is 4.79 Å². The van der Waals surface area contributed by atoms with Gasteiger partial charge in [0, 0.05) is 12.3 Å². The molecule has 0 aromatic carbocycles. The van der Waals surface area contributed by atoms with Crippen LogP contribution in [0.4, 0.5) is 0 Å². The van der Waals surface area contributed by atoms with Crippen LogP contribution in [0.2, 0.25) is 0 Å². The van der Waals surface area contributed by atoms with Crippen molar-refractivity contribution in [1.29, 1.82) is 0 Å². The Labute approximate surface area is 67.6 Å². The quantitative estimate of drug-likeness (QED) is 0.672. The van der Waals surface area contributed by atoms with Crippen molar-refractivity contribution in [3.8, 4) is 0 Å². The molecule has 1 N–H and O–H groups in total. The van der Waals surface area contributed by atoms with Crippen molar-refractivity contribution < 1.29 is 9.90 Å². The average Bonchev–Trinajstić information content (AvgIpc) is 2.36. The maximum absolute atomic E-state index is 11.1. The minimum atomic E-state index is -0.366. The Hall–Kier alpha value is -0.370. The first-order valence-electron chi connectivity index (χ1n) is 4.46. The molecule has 2 nitrogen and oxygen atoms in total. The van der Waals surface area contributed by atoms with Crippen molar-refractivity contribution in [2.24, 2.45) is 5.92 Å². The fraction of sp³-hybridized carbons (Fsp3) is 0.889. The Morgan fingerprint density at radius 2 is 2.45 bits per heavy atom. The van der Waals surface area contributed by atoms with E-state index in [0.717, 1.165) is 25.7 Å². The Kier molecular flexibility index (Phi) is 3.06. The molecule has 0 aromatic rings. The highest BCUT2D eigenvalue weighted by molar-refractivity contribution is 5.83. The van der Waals surface area contributed by atoms with Gasteiger partial charge < -0.3 is 5.11 Å². The zero-order valence-corrected chi connectivity index (χ0v) is 7.05. The minimum Gasteiger partial charge on any atom is -0.392 e. The Morgan fingerprint density at radius 3 is 2.91 bits per heavy atom. The van der Waals surface area contributed by atoms with Gasteiger partial charge in [-0.2, -0.15) is 0 Å². The van der Waals surface area contributed by atoms with Crippen LogP contribution in [-0.4, -0.2) is 17.0 Å². The zero-order chi connectivity index (χ0) is 8.27. The summed E-state index contributed by atoms with van der Waals surface area (Å²) in [5.41, 5.74) is 0. The first kappa shape index (κ1) is 8.72. The predicted octanol–water partition coefficient (Wildman–Crippen LogP) is 1.52. The van der Waals surface area contributed by atoms with E-state index in [2.05, 4.69) is 0 Å². The number of carbonyl (C=O) groups excluding carboxylic acids is 1. The normalized spacial score (nSPS) is 27.5. The summed E-state index contributed by atoms with van der Waals surface area (Å²) in [6.45, 7) is 2.03. The predicted molar refractivity (Wildman–Crippen MR) is 43.3 cm³/mol. The second-order valence-electron chi connectivity index (χ2n) is 3.32. The molecule has 64 valence electrons. The second-order valence-corrected chi connectivity index (χ2v) is 3.32. The van der Waals surface area contributed by atoms with Crippen molar-refractivity contribution >= 4 is 5.78 Å². The fourth-order valence-corrected chi connectivity index (χ4v) is 1.75. The molecule has 0 amide bonds. The van der Waals surface area contributed by atoms with E-state index in [-0.39, 0.29) is 17.8 Å². The third-order valence-electron chi connectivity index (χ3n) is 2.40. The molecule has 1 rings (SSSR count). The molecule has 0 aromatic heterocycles. The van der Waals surface area contributed by atoms with E-state index in [1.54, 1.807) is 0 Å². The van der Waals surface area contributed by atoms with Crippen LogP contribution < -0.4 is 0 Å². The number of aliphatic hydroxyl groups excluding tert-OH is 1. The molecule has 11 heavy (non-hydrogen) atoms. The molecule has 0 unspecified atom stereocenters. The Bertz CT molecular complexity index is 142. The first-order chi connectivity index (χ1) is 5.25. The van der Waals surface area contributed by atoms with E-state index >= 15 is 0 Å². The summed E-state index contributed by atoms with van der Waals surface area (Å²) >= 11 is 0. The lowest BCUT2D eigenvalue weighted by Crippen LogP contribution is -2.23. The van der Waals surface area contributed by atoms with Gasteiger partial charge in [0.15, 0.2) is 0 Å². The molecular weight excluding hydrogens is 140 g/mol. The van der Waals surface area contributed by atoms with Crippen LogP contribution in [0.3, 0.4) is 0 Å². The van der Waals surface area contributed by atoms with Crippen LogP contribution in [0.25, 0.3) is 0 Å². The summed E-state index contributed by atoms with van der Waals surface area (Å²) in [5.74, 6) is 0.237. The van der Waals surface area contributed by atoms with Crippen LogP contribution >= 0.6 is 0 Å². The molecule has 1 aliphatic rings. The van der Waals surface area contributed by atoms with Crippen LogP contribution in [0.5, 0.6) is 0 Å². The summed E-state index contributed by atoms with van der Waals surface area (Å²) in [4.78, 5) is 11.1. The van der Waals surface area contributed by atoms with Gasteiger partial charge in [-0.1, -0.05) is 13.3 Å². The molecule has 2 heteroatoms. The van der Waals surface area contributed by atoms with Gasteiger partial charge in [-0.15, -0.1) is 0 Å². The first-order valence-corrected chi connectivity index (χ1v) is 4.46. The molecule has 1 aliphatic carbocycles. The number of hydrogen-bond acceptors (Lipinski definition) is 2. The molecule has 1 saturated carbocycles. The summed E-state index contributed by atoms with van der Waals surface area (Å²) < 4.78 is 0. The van der Waals surface area contributed by atoms with E-state index in [1.807, 2.05) is 6.92 Å². The SMILES string of the molecule is CCC[C@H](O)[C@H]1CCCC1=O. The second kappa shape index (κ2) is 3.86. The summed E-state index contributed by atoms with van der Waals surface area (Å²) in [6.07, 6.45) is 3.94. The molecule has 0 radical (unpaired) electrons. The molecule has 0 saturated heterocycles. The highest BCUT2D eigenvalue weighted by Crippen LogP contribution is 2.26. The average molecular weight is 156 g/mol. The lowest BCUT2D eigenvalue weighted by molar-refractivity contribution is -0.123. The van der Waals surface area contributed by atoms with E-state index in [4.69, 9.17) is 0 Å². The number of ketones is 1. The van der Waals surface area contributed by atoms with Crippen molar-refractivity contribution in [2.45, 2.75) is 45.1 Å². The van der Waals surface area contributed by atoms with Crippen LogP contribution in [0.15, 0.2) is 0 Å². The van der Waals surface area contributed by atoms with Crippen molar-refractivity contribution in [3.05, 3.63) is 0 Å². The third kappa shape index (κ3) is 2.03. The molecule has 0 heterocycles. The Balaban J connectivity index is 2.39. The van der Waals surface area contributed by atoms with Crippen molar-refractivity contribution in [2.75, 3.05) is 0 Å².